The highest BCUT2D eigenvalue weighted by molar-refractivity contribution is 9.10. The molecule has 0 saturated carbocycles. The maximum Gasteiger partial charge on any atom is 0.292 e. The lowest BCUT2D eigenvalue weighted by atomic mass is 9.74. The number of nitrogens with zero attached hydrogens (tertiary/aromatic N) is 1. The Balaban J connectivity index is 1.90. The van der Waals surface area contributed by atoms with E-state index in [-0.39, 0.29) is 28.5 Å². The van der Waals surface area contributed by atoms with Crippen LogP contribution in [0, 0.1) is 29.9 Å². The van der Waals surface area contributed by atoms with Gasteiger partial charge in [-0.05, 0) is 76.5 Å². The molecular weight excluding hydrogens is 436 g/mol. The minimum atomic E-state index is -0.293. The maximum atomic E-state index is 11.8. The number of nitro groups is 1. The van der Waals surface area contributed by atoms with E-state index in [1.807, 2.05) is 19.1 Å². The average Bonchev–Trinajstić information content (AvgIpc) is 3.18. The van der Waals surface area contributed by atoms with Crippen LogP contribution < -0.4 is 14.8 Å². The molecule has 0 saturated heterocycles. The monoisotopic (exact) mass is 458 g/mol. The Morgan fingerprint density at radius 3 is 2.62 bits per heavy atom. The molecular formula is C22H23BrN2O4. The molecule has 29 heavy (non-hydrogen) atoms. The first kappa shape index (κ1) is 19.8. The summed E-state index contributed by atoms with van der Waals surface area (Å²) in [4.78, 5) is 11.5. The fourth-order valence-corrected chi connectivity index (χ4v) is 5.29. The predicted octanol–water partition coefficient (Wildman–Crippen LogP) is 5.82. The molecule has 2 aliphatic rings. The van der Waals surface area contributed by atoms with Crippen molar-refractivity contribution in [1.29, 1.82) is 0 Å². The number of nitro benzene ring substituents is 1. The number of hydrogen-bond acceptors (Lipinski definition) is 5. The molecule has 152 valence electrons. The third kappa shape index (κ3) is 3.08. The highest BCUT2D eigenvalue weighted by atomic mass is 79.9. The van der Waals surface area contributed by atoms with E-state index < -0.39 is 0 Å². The van der Waals surface area contributed by atoms with Gasteiger partial charge in [-0.2, -0.15) is 0 Å². The van der Waals surface area contributed by atoms with Crippen molar-refractivity contribution in [2.45, 2.75) is 32.2 Å². The van der Waals surface area contributed by atoms with Crippen molar-refractivity contribution >= 4 is 27.3 Å². The fraction of sp³-hybridized carbons (Fsp3) is 0.364. The van der Waals surface area contributed by atoms with Crippen LogP contribution in [0.15, 0.2) is 34.8 Å². The summed E-state index contributed by atoms with van der Waals surface area (Å²) < 4.78 is 11.7. The smallest absolute Gasteiger partial charge is 0.292 e. The molecule has 1 N–H and O–H groups in total. The van der Waals surface area contributed by atoms with E-state index in [1.54, 1.807) is 20.3 Å². The molecule has 2 aromatic rings. The molecule has 0 bridgehead atoms. The van der Waals surface area contributed by atoms with Crippen molar-refractivity contribution in [3.05, 3.63) is 67.2 Å². The Labute approximate surface area is 178 Å². The molecule has 4 rings (SSSR count). The third-order valence-electron chi connectivity index (χ3n) is 6.16. The molecule has 3 atom stereocenters. The largest absolute Gasteiger partial charge is 0.493 e. The zero-order valence-corrected chi connectivity index (χ0v) is 18.4. The van der Waals surface area contributed by atoms with Gasteiger partial charge in [0.05, 0.1) is 29.7 Å². The van der Waals surface area contributed by atoms with Gasteiger partial charge in [-0.15, -0.1) is 0 Å². The van der Waals surface area contributed by atoms with Gasteiger partial charge in [0.1, 0.15) is 5.69 Å². The molecule has 0 aromatic heterocycles. The molecule has 1 aliphatic heterocycles. The second-order valence-electron chi connectivity index (χ2n) is 7.60. The van der Waals surface area contributed by atoms with Crippen LogP contribution in [0.1, 0.15) is 40.6 Å². The van der Waals surface area contributed by atoms with E-state index in [4.69, 9.17) is 9.47 Å². The Bertz CT molecular complexity index is 1030. The summed E-state index contributed by atoms with van der Waals surface area (Å²) in [6.07, 6.45) is 5.29. The minimum absolute atomic E-state index is 0.0839. The maximum absolute atomic E-state index is 11.8. The Kier molecular flexibility index (Phi) is 5.02. The van der Waals surface area contributed by atoms with Crippen molar-refractivity contribution in [3.8, 4) is 11.5 Å². The number of nitrogens with one attached hydrogen (secondary N) is 1. The summed E-state index contributed by atoms with van der Waals surface area (Å²) in [7, 11) is 3.21. The number of fused-ring (bicyclic) bond motifs is 3. The lowest BCUT2D eigenvalue weighted by Crippen LogP contribution is -2.30. The predicted molar refractivity (Wildman–Crippen MR) is 116 cm³/mol. The van der Waals surface area contributed by atoms with Crippen LogP contribution in [0.2, 0.25) is 0 Å². The highest BCUT2D eigenvalue weighted by Crippen LogP contribution is 2.54. The first-order chi connectivity index (χ1) is 13.9. The van der Waals surface area contributed by atoms with Gasteiger partial charge >= 0.3 is 0 Å². The average molecular weight is 459 g/mol. The summed E-state index contributed by atoms with van der Waals surface area (Å²) >= 11 is 3.57. The SMILES string of the molecule is COc1cc([C@@H]2Nc3c([N+](=O)[O-])cc(C)c(C)c3[C@@H]3C=CC[C@@H]32)cc(Br)c1OC. The zero-order chi connectivity index (χ0) is 20.9. The first-order valence-corrected chi connectivity index (χ1v) is 10.3. The molecule has 7 heteroatoms. The summed E-state index contributed by atoms with van der Waals surface area (Å²) in [6, 6.07) is 5.54. The van der Waals surface area contributed by atoms with Gasteiger partial charge < -0.3 is 14.8 Å². The van der Waals surface area contributed by atoms with E-state index >= 15 is 0 Å². The number of methoxy groups -OCH3 is 2. The summed E-state index contributed by atoms with van der Waals surface area (Å²) in [5.41, 5.74) is 4.88. The number of anilines is 1. The first-order valence-electron chi connectivity index (χ1n) is 9.50. The molecule has 0 unspecified atom stereocenters. The molecule has 0 spiro atoms. The quantitative estimate of drug-likeness (QED) is 0.355. The highest BCUT2D eigenvalue weighted by Gasteiger charge is 2.42. The van der Waals surface area contributed by atoms with Crippen LogP contribution in [0.5, 0.6) is 11.5 Å². The number of aryl methyl sites for hydroxylation is 1. The number of allylic oxidation sites excluding steroid dienone is 2. The minimum Gasteiger partial charge on any atom is -0.493 e. The second kappa shape index (κ2) is 7.37. The molecule has 0 fully saturated rings. The topological polar surface area (TPSA) is 73.6 Å². The molecule has 1 heterocycles. The molecule has 6 nitrogen and oxygen atoms in total. The van der Waals surface area contributed by atoms with Crippen molar-refractivity contribution in [2.75, 3.05) is 19.5 Å². The van der Waals surface area contributed by atoms with E-state index in [9.17, 15) is 10.1 Å². The number of hydrogen-bond donors (Lipinski definition) is 1. The fourth-order valence-electron chi connectivity index (χ4n) is 4.67. The lowest BCUT2D eigenvalue weighted by molar-refractivity contribution is -0.384. The van der Waals surface area contributed by atoms with Gasteiger partial charge in [0.2, 0.25) is 0 Å². The third-order valence-corrected chi connectivity index (χ3v) is 6.75. The van der Waals surface area contributed by atoms with Crippen LogP contribution in [-0.2, 0) is 0 Å². The van der Waals surface area contributed by atoms with Gasteiger partial charge in [-0.3, -0.25) is 10.1 Å². The number of ether oxygens (including phenoxy) is 2. The Morgan fingerprint density at radius 1 is 1.21 bits per heavy atom. The van der Waals surface area contributed by atoms with Gasteiger partial charge in [-0.1, -0.05) is 12.2 Å². The summed E-state index contributed by atoms with van der Waals surface area (Å²) in [5, 5.41) is 15.3. The van der Waals surface area contributed by atoms with Crippen molar-refractivity contribution in [2.24, 2.45) is 5.92 Å². The van der Waals surface area contributed by atoms with E-state index in [2.05, 4.69) is 40.3 Å². The normalized spacial score (nSPS) is 21.9. The summed E-state index contributed by atoms with van der Waals surface area (Å²) in [6.45, 7) is 3.99. The van der Waals surface area contributed by atoms with Gasteiger partial charge in [0.15, 0.2) is 11.5 Å². The second-order valence-corrected chi connectivity index (χ2v) is 8.45. The number of rotatable bonds is 4. The van der Waals surface area contributed by atoms with Crippen molar-refractivity contribution < 1.29 is 14.4 Å². The van der Waals surface area contributed by atoms with Crippen molar-refractivity contribution in [1.82, 2.24) is 0 Å². The van der Waals surface area contributed by atoms with Gasteiger partial charge in [0, 0.05) is 12.0 Å². The van der Waals surface area contributed by atoms with Crippen molar-refractivity contribution in [3.63, 3.8) is 0 Å². The Morgan fingerprint density at radius 2 is 1.97 bits per heavy atom. The summed E-state index contributed by atoms with van der Waals surface area (Å²) in [5.74, 6) is 1.67. The van der Waals surface area contributed by atoms with Crippen LogP contribution in [0.4, 0.5) is 11.4 Å². The van der Waals surface area contributed by atoms with Crippen LogP contribution >= 0.6 is 15.9 Å². The standard InChI is InChI=1S/C22H23BrN2O4/c1-11-8-17(25(26)27)21-19(12(11)2)14-6-5-7-15(14)20(24-21)13-9-16(23)22(29-4)18(10-13)28-3/h5-6,8-10,14-15,20,24H,7H2,1-4H3/t14-,15+,20+/m1/s1. The van der Waals surface area contributed by atoms with Gasteiger partial charge in [0.25, 0.3) is 5.69 Å². The number of halogens is 1. The van der Waals surface area contributed by atoms with E-state index in [1.165, 1.54) is 0 Å². The van der Waals surface area contributed by atoms with Gasteiger partial charge in [-0.25, -0.2) is 0 Å². The molecule has 0 amide bonds. The van der Waals surface area contributed by atoms with E-state index in [0.29, 0.717) is 17.2 Å². The lowest BCUT2D eigenvalue weighted by Gasteiger charge is -2.38. The van der Waals surface area contributed by atoms with E-state index in [0.717, 1.165) is 33.1 Å². The zero-order valence-electron chi connectivity index (χ0n) is 16.8. The molecule has 1 aliphatic carbocycles. The Hall–Kier alpha value is -2.54. The van der Waals surface area contributed by atoms with Crippen LogP contribution in [-0.4, -0.2) is 19.1 Å². The number of benzene rings is 2. The van der Waals surface area contributed by atoms with Crippen LogP contribution in [0.3, 0.4) is 0 Å². The molecule has 2 aromatic carbocycles. The van der Waals surface area contributed by atoms with Crippen LogP contribution in [0.25, 0.3) is 0 Å². The molecule has 0 radical (unpaired) electrons.